The summed E-state index contributed by atoms with van der Waals surface area (Å²) in [7, 11) is 0. The van der Waals surface area contributed by atoms with Crippen LogP contribution < -0.4 is 21.3 Å². The molecule has 1 aromatic carbocycles. The van der Waals surface area contributed by atoms with Gasteiger partial charge < -0.3 is 45.4 Å². The van der Waals surface area contributed by atoms with Crippen molar-refractivity contribution in [2.75, 3.05) is 67.9 Å². The van der Waals surface area contributed by atoms with Crippen molar-refractivity contribution in [3.63, 3.8) is 0 Å². The van der Waals surface area contributed by atoms with E-state index in [0.29, 0.717) is 86.4 Å². The molecule has 1 aliphatic carbocycles. The molecule has 15 nitrogen and oxygen atoms in total. The lowest BCUT2D eigenvalue weighted by atomic mass is 9.72. The average molecular weight is 758 g/mol. The molecular weight excluding hydrogens is 711 g/mol. The Kier molecular flexibility index (Phi) is 11.2. The number of ether oxygens (including phenoxy) is 2. The summed E-state index contributed by atoms with van der Waals surface area (Å²) >= 11 is 1.33. The van der Waals surface area contributed by atoms with Crippen molar-refractivity contribution in [1.82, 2.24) is 14.8 Å². The number of benzene rings is 1. The highest BCUT2D eigenvalue weighted by Crippen LogP contribution is 2.46. The van der Waals surface area contributed by atoms with Gasteiger partial charge in [-0.15, -0.1) is 11.3 Å². The zero-order valence-electron chi connectivity index (χ0n) is 31.2. The fraction of sp³-hybridized carbons (Fsp3) is 0.474. The molecule has 0 radical (unpaired) electrons. The summed E-state index contributed by atoms with van der Waals surface area (Å²) in [5.41, 5.74) is 13.8. The molecule has 286 valence electrons. The van der Waals surface area contributed by atoms with E-state index < -0.39 is 17.0 Å². The van der Waals surface area contributed by atoms with Gasteiger partial charge >= 0.3 is 18.2 Å². The zero-order chi connectivity index (χ0) is 38.6. The lowest BCUT2D eigenvalue weighted by molar-refractivity contribution is -0.150. The standard InChI is InChI=1S/C38H47N9O6S/c1-37(2,3)52-36(50)47-19-15-45(16-20-47)30-22-26(44-13-17-46(18-14-44)35(49)51-24-25-9-6-5-7-10-25)21-28(42-30)32(40)43-53-34(48)38(4)12-8-11-29-31(38)27(23-39)33(41)54-29/h5-7,9-10,21-22H,8,11-20,24,41H2,1-4H3,(H2,40,43). The van der Waals surface area contributed by atoms with Crippen LogP contribution in [0.2, 0.25) is 0 Å². The maximum Gasteiger partial charge on any atom is 0.410 e. The number of carbonyl (C=O) groups excluding carboxylic acids is 3. The van der Waals surface area contributed by atoms with E-state index in [0.717, 1.165) is 29.0 Å². The highest BCUT2D eigenvalue weighted by Gasteiger charge is 2.45. The molecule has 2 fully saturated rings. The number of pyridine rings is 1. The molecule has 4 N–H and O–H groups in total. The molecule has 0 bridgehead atoms. The molecule has 1 unspecified atom stereocenters. The van der Waals surface area contributed by atoms with Crippen molar-refractivity contribution in [3.8, 4) is 6.07 Å². The van der Waals surface area contributed by atoms with Crippen LogP contribution in [0.4, 0.5) is 26.1 Å². The molecule has 54 heavy (non-hydrogen) atoms. The van der Waals surface area contributed by atoms with Gasteiger partial charge in [0, 0.05) is 74.6 Å². The minimum atomic E-state index is -1.12. The summed E-state index contributed by atoms with van der Waals surface area (Å²) in [6.07, 6.45) is 1.19. The summed E-state index contributed by atoms with van der Waals surface area (Å²) < 4.78 is 11.1. The van der Waals surface area contributed by atoms with Crippen LogP contribution in [-0.4, -0.2) is 96.7 Å². The summed E-state index contributed by atoms with van der Waals surface area (Å²) in [5, 5.41) is 14.3. The third-order valence-corrected chi connectivity index (χ3v) is 10.9. The molecule has 2 saturated heterocycles. The lowest BCUT2D eigenvalue weighted by Crippen LogP contribution is -2.50. The number of hydrogen-bond acceptors (Lipinski definition) is 13. The number of aromatic nitrogens is 1. The molecule has 4 heterocycles. The number of hydrogen-bond donors (Lipinski definition) is 2. The van der Waals surface area contributed by atoms with Gasteiger partial charge in [-0.2, -0.15) is 5.26 Å². The Morgan fingerprint density at radius 2 is 1.63 bits per heavy atom. The number of rotatable bonds is 7. The fourth-order valence-electron chi connectivity index (χ4n) is 6.92. The van der Waals surface area contributed by atoms with Gasteiger partial charge in [0.15, 0.2) is 5.84 Å². The third kappa shape index (κ3) is 8.46. The largest absolute Gasteiger partial charge is 0.445 e. The van der Waals surface area contributed by atoms with Crippen molar-refractivity contribution < 1.29 is 28.7 Å². The van der Waals surface area contributed by atoms with Gasteiger partial charge in [0.05, 0.1) is 11.0 Å². The lowest BCUT2D eigenvalue weighted by Gasteiger charge is -2.38. The number of nitrogens with two attached hydrogens (primary N) is 2. The summed E-state index contributed by atoms with van der Waals surface area (Å²) in [6, 6.07) is 15.4. The van der Waals surface area contributed by atoms with Gasteiger partial charge in [0.25, 0.3) is 0 Å². The van der Waals surface area contributed by atoms with Gasteiger partial charge in [0.1, 0.15) is 34.8 Å². The first-order valence-electron chi connectivity index (χ1n) is 18.1. The van der Waals surface area contributed by atoms with Crippen LogP contribution in [0.3, 0.4) is 0 Å². The molecule has 16 heteroatoms. The summed E-state index contributed by atoms with van der Waals surface area (Å²) in [4.78, 5) is 58.1. The van der Waals surface area contributed by atoms with Gasteiger partial charge in [-0.3, -0.25) is 0 Å². The van der Waals surface area contributed by atoms with Crippen molar-refractivity contribution in [3.05, 3.63) is 69.7 Å². The number of carbonyl (C=O) groups is 3. The van der Waals surface area contributed by atoms with Gasteiger partial charge in [-0.05, 0) is 58.6 Å². The van der Waals surface area contributed by atoms with E-state index in [-0.39, 0.29) is 24.6 Å². The Hall–Kier alpha value is -5.56. The normalized spacial score (nSPS) is 19.1. The number of nitrogen functional groups attached to an aromatic ring is 1. The second kappa shape index (κ2) is 15.8. The van der Waals surface area contributed by atoms with Crippen molar-refractivity contribution in [1.29, 1.82) is 5.26 Å². The van der Waals surface area contributed by atoms with Crippen LogP contribution in [0, 0.1) is 11.3 Å². The van der Waals surface area contributed by atoms with E-state index in [2.05, 4.69) is 21.0 Å². The molecule has 2 aliphatic heterocycles. The second-order valence-electron chi connectivity index (χ2n) is 14.8. The molecular formula is C38H47N9O6S. The van der Waals surface area contributed by atoms with E-state index in [1.54, 1.807) is 22.8 Å². The molecule has 1 atom stereocenters. The molecule has 0 saturated carbocycles. The number of fused-ring (bicyclic) bond motifs is 1. The number of piperazine rings is 2. The minimum Gasteiger partial charge on any atom is -0.445 e. The topological polar surface area (TPSA) is 193 Å². The number of anilines is 3. The Morgan fingerprint density at radius 3 is 2.28 bits per heavy atom. The Bertz CT molecular complexity index is 1940. The predicted molar refractivity (Wildman–Crippen MR) is 205 cm³/mol. The predicted octanol–water partition coefficient (Wildman–Crippen LogP) is 4.57. The SMILES string of the molecule is CC(C)(C)OC(=O)N1CCN(c2cc(N3CCN(C(=O)OCc4ccccc4)CC3)cc(/C(N)=N/OC(=O)C3(C)CCCc4sc(N)c(C#N)c43)n2)CC1. The molecule has 6 rings (SSSR count). The second-order valence-corrected chi connectivity index (χ2v) is 16.0. The number of nitrogens with zero attached hydrogens (tertiary/aromatic N) is 7. The summed E-state index contributed by atoms with van der Waals surface area (Å²) in [6.45, 7) is 11.2. The van der Waals surface area contributed by atoms with Gasteiger partial charge in [-0.1, -0.05) is 35.5 Å². The van der Waals surface area contributed by atoms with Crippen molar-refractivity contribution in [2.45, 2.75) is 64.6 Å². The fourth-order valence-corrected chi connectivity index (χ4v) is 8.11. The first-order valence-corrected chi connectivity index (χ1v) is 18.9. The van der Waals surface area contributed by atoms with E-state index in [1.807, 2.05) is 57.2 Å². The number of aryl methyl sites for hydroxylation is 1. The molecule has 3 aromatic rings. The highest BCUT2D eigenvalue weighted by molar-refractivity contribution is 7.16. The summed E-state index contributed by atoms with van der Waals surface area (Å²) in [5.74, 6) is -0.130. The van der Waals surface area contributed by atoms with E-state index in [9.17, 15) is 19.6 Å². The van der Waals surface area contributed by atoms with Gasteiger partial charge in [-0.25, -0.2) is 19.4 Å². The molecule has 2 aromatic heterocycles. The van der Waals surface area contributed by atoms with Gasteiger partial charge in [0.2, 0.25) is 0 Å². The maximum absolute atomic E-state index is 13.7. The molecule has 2 amide bonds. The van der Waals surface area contributed by atoms with Crippen LogP contribution >= 0.6 is 11.3 Å². The smallest absolute Gasteiger partial charge is 0.410 e. The number of oxime groups is 1. The Morgan fingerprint density at radius 1 is 0.981 bits per heavy atom. The molecule has 0 spiro atoms. The van der Waals surface area contributed by atoms with Crippen LogP contribution in [0.15, 0.2) is 47.6 Å². The monoisotopic (exact) mass is 757 g/mol. The third-order valence-electron chi connectivity index (χ3n) is 9.85. The van der Waals surface area contributed by atoms with Crippen molar-refractivity contribution >= 4 is 51.8 Å². The first kappa shape index (κ1) is 38.2. The number of nitriles is 1. The maximum atomic E-state index is 13.7. The number of amidine groups is 1. The average Bonchev–Trinajstić information content (AvgIpc) is 3.51. The van der Waals surface area contributed by atoms with E-state index in [4.69, 9.17) is 30.8 Å². The van der Waals surface area contributed by atoms with E-state index in [1.165, 1.54) is 11.3 Å². The highest BCUT2D eigenvalue weighted by atomic mass is 32.1. The minimum absolute atomic E-state index is 0.105. The number of amides is 2. The first-order chi connectivity index (χ1) is 25.8. The van der Waals surface area contributed by atoms with Crippen molar-refractivity contribution in [2.24, 2.45) is 10.9 Å². The quantitative estimate of drug-likeness (QED) is 0.148. The van der Waals surface area contributed by atoms with Crippen LogP contribution in [0.5, 0.6) is 0 Å². The zero-order valence-corrected chi connectivity index (χ0v) is 32.0. The Balaban J connectivity index is 1.20. The van der Waals surface area contributed by atoms with Crippen LogP contribution in [-0.2, 0) is 37.5 Å². The van der Waals surface area contributed by atoms with Crippen LogP contribution in [0.25, 0.3) is 0 Å². The number of thiophene rings is 1. The Labute approximate surface area is 319 Å². The molecule has 3 aliphatic rings. The van der Waals surface area contributed by atoms with E-state index >= 15 is 0 Å². The van der Waals surface area contributed by atoms with Crippen LogP contribution in [0.1, 0.15) is 67.8 Å².